The Bertz CT molecular complexity index is 1410. The SMILES string of the molecule is C=S(=O)(c1ccc(OC)c(OC)c1)N(CC(=O)N/N=C/c1ccc(C(C)C)cc1)c1cc(Cl)ccc1OC. The Hall–Kier alpha value is -3.69. The average molecular weight is 558 g/mol. The summed E-state index contributed by atoms with van der Waals surface area (Å²) in [6.45, 7) is 3.89. The van der Waals surface area contributed by atoms with Crippen LogP contribution in [0, 0.1) is 0 Å². The van der Waals surface area contributed by atoms with Crippen LogP contribution in [0.2, 0.25) is 5.02 Å². The Kier molecular flexibility index (Phi) is 9.66. The molecule has 1 N–H and O–H groups in total. The van der Waals surface area contributed by atoms with E-state index in [0.29, 0.717) is 38.8 Å². The predicted molar refractivity (Wildman–Crippen MR) is 155 cm³/mol. The van der Waals surface area contributed by atoms with E-state index < -0.39 is 15.6 Å². The van der Waals surface area contributed by atoms with Crippen LogP contribution in [0.25, 0.3) is 0 Å². The number of hydrogen-bond acceptors (Lipinski definition) is 6. The quantitative estimate of drug-likeness (QED) is 0.200. The lowest BCUT2D eigenvalue weighted by atomic mass is 10.0. The topological polar surface area (TPSA) is 89.5 Å². The first kappa shape index (κ1) is 28.9. The van der Waals surface area contributed by atoms with Gasteiger partial charge in [0.25, 0.3) is 5.91 Å². The van der Waals surface area contributed by atoms with E-state index in [0.717, 1.165) is 5.56 Å². The third-order valence-corrected chi connectivity index (χ3v) is 8.05. The van der Waals surface area contributed by atoms with Gasteiger partial charge >= 0.3 is 0 Å². The van der Waals surface area contributed by atoms with Gasteiger partial charge in [-0.1, -0.05) is 49.7 Å². The van der Waals surface area contributed by atoms with E-state index in [1.165, 1.54) is 31.2 Å². The minimum Gasteiger partial charge on any atom is -0.495 e. The van der Waals surface area contributed by atoms with E-state index in [2.05, 4.69) is 30.2 Å². The summed E-state index contributed by atoms with van der Waals surface area (Å²) in [5, 5.41) is 4.44. The summed E-state index contributed by atoms with van der Waals surface area (Å²) in [5.74, 6) is 5.10. The molecule has 202 valence electrons. The van der Waals surface area contributed by atoms with E-state index in [4.69, 9.17) is 25.8 Å². The van der Waals surface area contributed by atoms with Gasteiger partial charge in [-0.3, -0.25) is 9.10 Å². The van der Waals surface area contributed by atoms with Crippen molar-refractivity contribution in [3.63, 3.8) is 0 Å². The molecule has 3 aromatic rings. The number of benzene rings is 3. The van der Waals surface area contributed by atoms with Gasteiger partial charge in [0.15, 0.2) is 11.5 Å². The molecule has 1 atom stereocenters. The fourth-order valence-corrected chi connectivity index (χ4v) is 5.44. The second-order valence-electron chi connectivity index (χ2n) is 8.62. The third-order valence-electron chi connectivity index (χ3n) is 5.78. The number of carbonyl (C=O) groups excluding carboxylic acids is 1. The van der Waals surface area contributed by atoms with Gasteiger partial charge in [0.1, 0.15) is 12.3 Å². The molecule has 0 fully saturated rings. The normalized spacial score (nSPS) is 12.7. The number of halogens is 1. The Morgan fingerprint density at radius 2 is 1.63 bits per heavy atom. The molecular weight excluding hydrogens is 526 g/mol. The minimum atomic E-state index is -3.30. The molecule has 0 bridgehead atoms. The fourth-order valence-electron chi connectivity index (χ4n) is 3.66. The minimum absolute atomic E-state index is 0.318. The lowest BCUT2D eigenvalue weighted by Crippen LogP contribution is -2.39. The third kappa shape index (κ3) is 6.79. The fraction of sp³-hybridized carbons (Fsp3) is 0.250. The molecule has 0 aliphatic heterocycles. The molecule has 3 aromatic carbocycles. The number of rotatable bonds is 11. The molecule has 0 aliphatic carbocycles. The highest BCUT2D eigenvalue weighted by Crippen LogP contribution is 2.37. The molecule has 38 heavy (non-hydrogen) atoms. The molecule has 1 amide bonds. The molecular formula is C28H32ClN3O5S. The number of hydrazone groups is 1. The number of carbonyl (C=O) groups is 1. The van der Waals surface area contributed by atoms with E-state index in [9.17, 15) is 9.00 Å². The van der Waals surface area contributed by atoms with Gasteiger partial charge < -0.3 is 14.2 Å². The number of nitrogens with zero attached hydrogens (tertiary/aromatic N) is 2. The highest BCUT2D eigenvalue weighted by molar-refractivity contribution is 8.01. The van der Waals surface area contributed by atoms with Crippen LogP contribution in [0.15, 0.2) is 70.7 Å². The molecule has 0 heterocycles. The standard InChI is InChI=1S/C28H32ClN3O5S/c1-19(2)21-9-7-20(8-10-21)17-30-31-28(33)18-32(24-15-22(29)11-13-25(24)35-3)38(6,34)23-12-14-26(36-4)27(16-23)37-5/h7-17,19H,6,18H2,1-5H3,(H,31,33)/b30-17+. The maximum absolute atomic E-state index is 14.3. The summed E-state index contributed by atoms with van der Waals surface area (Å²) in [4.78, 5) is 13.3. The molecule has 0 spiro atoms. The second kappa shape index (κ2) is 12.7. The molecule has 0 aliphatic rings. The number of methoxy groups -OCH3 is 3. The second-order valence-corrected chi connectivity index (χ2v) is 11.3. The Morgan fingerprint density at radius 3 is 2.24 bits per heavy atom. The van der Waals surface area contributed by atoms with Crippen molar-refractivity contribution in [3.8, 4) is 17.2 Å². The van der Waals surface area contributed by atoms with Crippen molar-refractivity contribution in [2.24, 2.45) is 5.10 Å². The maximum atomic E-state index is 14.3. The number of anilines is 1. The van der Waals surface area contributed by atoms with Crippen molar-refractivity contribution in [2.75, 3.05) is 32.2 Å². The molecule has 10 heteroatoms. The number of hydrogen-bond donors (Lipinski definition) is 1. The van der Waals surface area contributed by atoms with Crippen molar-refractivity contribution < 1.29 is 23.2 Å². The van der Waals surface area contributed by atoms with Crippen LogP contribution in [0.5, 0.6) is 17.2 Å². The monoisotopic (exact) mass is 557 g/mol. The smallest absolute Gasteiger partial charge is 0.260 e. The van der Waals surface area contributed by atoms with Gasteiger partial charge in [0.05, 0.1) is 47.8 Å². The van der Waals surface area contributed by atoms with E-state index in [1.54, 1.807) is 42.6 Å². The van der Waals surface area contributed by atoms with Crippen molar-refractivity contribution in [1.82, 2.24) is 5.43 Å². The van der Waals surface area contributed by atoms with Gasteiger partial charge in [-0.05, 0) is 53.2 Å². The first-order chi connectivity index (χ1) is 18.1. The van der Waals surface area contributed by atoms with E-state index in [-0.39, 0.29) is 6.54 Å². The van der Waals surface area contributed by atoms with Crippen LogP contribution < -0.4 is 23.9 Å². The van der Waals surface area contributed by atoms with Crippen molar-refractivity contribution in [3.05, 3.63) is 76.8 Å². The number of amides is 1. The van der Waals surface area contributed by atoms with Gasteiger partial charge in [0.2, 0.25) is 0 Å². The van der Waals surface area contributed by atoms with Crippen LogP contribution in [0.4, 0.5) is 5.69 Å². The highest BCUT2D eigenvalue weighted by atomic mass is 35.5. The summed E-state index contributed by atoms with van der Waals surface area (Å²) in [7, 11) is 1.16. The molecule has 0 saturated heterocycles. The van der Waals surface area contributed by atoms with Crippen LogP contribution in [0.1, 0.15) is 30.9 Å². The zero-order valence-electron chi connectivity index (χ0n) is 22.1. The largest absolute Gasteiger partial charge is 0.495 e. The van der Waals surface area contributed by atoms with Crippen LogP contribution >= 0.6 is 11.6 Å². The van der Waals surface area contributed by atoms with Crippen LogP contribution in [0.3, 0.4) is 0 Å². The summed E-state index contributed by atoms with van der Waals surface area (Å²) >= 11 is 6.26. The lowest BCUT2D eigenvalue weighted by Gasteiger charge is -2.29. The summed E-state index contributed by atoms with van der Waals surface area (Å²) in [6, 6.07) is 17.5. The summed E-state index contributed by atoms with van der Waals surface area (Å²) < 4.78 is 31.8. The molecule has 0 radical (unpaired) electrons. The zero-order chi connectivity index (χ0) is 27.9. The van der Waals surface area contributed by atoms with Crippen molar-refractivity contribution >= 4 is 45.0 Å². The van der Waals surface area contributed by atoms with E-state index in [1.807, 2.05) is 24.3 Å². The zero-order valence-corrected chi connectivity index (χ0v) is 23.6. The Morgan fingerprint density at radius 1 is 1.00 bits per heavy atom. The average Bonchev–Trinajstić information content (AvgIpc) is 2.91. The predicted octanol–water partition coefficient (Wildman–Crippen LogP) is 5.14. The van der Waals surface area contributed by atoms with Crippen molar-refractivity contribution in [1.29, 1.82) is 0 Å². The maximum Gasteiger partial charge on any atom is 0.260 e. The highest BCUT2D eigenvalue weighted by Gasteiger charge is 2.26. The van der Waals surface area contributed by atoms with Crippen LogP contribution in [-0.4, -0.2) is 50.1 Å². The Balaban J connectivity index is 1.93. The van der Waals surface area contributed by atoms with E-state index >= 15 is 0 Å². The Labute approximate surface area is 229 Å². The first-order valence-corrected chi connectivity index (χ1v) is 13.8. The van der Waals surface area contributed by atoms with Crippen LogP contribution in [-0.2, 0) is 14.5 Å². The lowest BCUT2D eigenvalue weighted by molar-refractivity contribution is -0.119. The summed E-state index contributed by atoms with van der Waals surface area (Å²) in [6.07, 6.45) is 1.54. The summed E-state index contributed by atoms with van der Waals surface area (Å²) in [5.41, 5.74) is 4.87. The molecule has 8 nitrogen and oxygen atoms in total. The number of nitrogens with one attached hydrogen (secondary N) is 1. The van der Waals surface area contributed by atoms with Gasteiger partial charge in [-0.25, -0.2) is 9.63 Å². The van der Waals surface area contributed by atoms with Gasteiger partial charge in [-0.15, -0.1) is 0 Å². The first-order valence-electron chi connectivity index (χ1n) is 11.7. The molecule has 3 rings (SSSR count). The molecule has 0 saturated carbocycles. The van der Waals surface area contributed by atoms with Gasteiger partial charge in [0, 0.05) is 11.1 Å². The molecule has 1 unspecified atom stereocenters. The van der Waals surface area contributed by atoms with Gasteiger partial charge in [-0.2, -0.15) is 5.10 Å². The number of ether oxygens (including phenoxy) is 3. The van der Waals surface area contributed by atoms with Crippen molar-refractivity contribution in [2.45, 2.75) is 24.7 Å². The molecule has 0 aromatic heterocycles.